The number of hydrogen-bond donors (Lipinski definition) is 1. The van der Waals surface area contributed by atoms with Crippen LogP contribution in [0.4, 0.5) is 0 Å². The van der Waals surface area contributed by atoms with Gasteiger partial charge in [-0.15, -0.1) is 0 Å². The van der Waals surface area contributed by atoms with E-state index < -0.39 is 5.97 Å². The van der Waals surface area contributed by atoms with Crippen molar-refractivity contribution in [2.75, 3.05) is 0 Å². The van der Waals surface area contributed by atoms with E-state index in [4.69, 9.17) is 14.9 Å². The lowest BCUT2D eigenvalue weighted by molar-refractivity contribution is -0.464. The van der Waals surface area contributed by atoms with E-state index in [1.807, 2.05) is 0 Å². The van der Waals surface area contributed by atoms with Gasteiger partial charge in [0.1, 0.15) is 12.2 Å². The molecule has 0 aromatic heterocycles. The Labute approximate surface area is 134 Å². The van der Waals surface area contributed by atoms with Gasteiger partial charge in [0.25, 0.3) is 0 Å². The minimum atomic E-state index is -0.682. The summed E-state index contributed by atoms with van der Waals surface area (Å²) in [7, 11) is 0. The van der Waals surface area contributed by atoms with Gasteiger partial charge in [-0.3, -0.25) is 4.79 Å². The molecule has 1 aliphatic rings. The van der Waals surface area contributed by atoms with Crippen molar-refractivity contribution in [1.82, 2.24) is 0 Å². The summed E-state index contributed by atoms with van der Waals surface area (Å²) < 4.78 is 0. The van der Waals surface area contributed by atoms with Crippen molar-refractivity contribution in [3.63, 3.8) is 0 Å². The molecule has 0 spiro atoms. The summed E-state index contributed by atoms with van der Waals surface area (Å²) in [6.45, 7) is 2.21. The average molecular weight is 312 g/mol. The summed E-state index contributed by atoms with van der Waals surface area (Å²) in [6, 6.07) is 0. The zero-order valence-electron chi connectivity index (χ0n) is 14.0. The lowest BCUT2D eigenvalue weighted by atomic mass is 10.0. The Kier molecular flexibility index (Phi) is 11.0. The Morgan fingerprint density at radius 3 is 2.36 bits per heavy atom. The molecule has 0 amide bonds. The minimum Gasteiger partial charge on any atom is -0.481 e. The van der Waals surface area contributed by atoms with Crippen molar-refractivity contribution < 1.29 is 19.7 Å². The SMILES string of the molecule is CCCCCC1OOC1CC=CCCCCCCCC(=O)O. The number of carbonyl (C=O) groups is 1. The van der Waals surface area contributed by atoms with Crippen LogP contribution >= 0.6 is 0 Å². The molecule has 1 aliphatic heterocycles. The Hall–Kier alpha value is -0.870. The fourth-order valence-corrected chi connectivity index (χ4v) is 2.65. The molecular formula is C18H32O4. The Morgan fingerprint density at radius 1 is 0.955 bits per heavy atom. The zero-order chi connectivity index (χ0) is 16.0. The van der Waals surface area contributed by atoms with Crippen LogP contribution in [0.15, 0.2) is 12.2 Å². The highest BCUT2D eigenvalue weighted by molar-refractivity contribution is 5.66. The second-order valence-corrected chi connectivity index (χ2v) is 6.17. The van der Waals surface area contributed by atoms with Crippen molar-refractivity contribution >= 4 is 5.97 Å². The molecule has 1 rings (SSSR count). The Balaban J connectivity index is 1.88. The summed E-state index contributed by atoms with van der Waals surface area (Å²) in [5, 5.41) is 8.53. The Bertz CT molecular complexity index is 314. The van der Waals surface area contributed by atoms with E-state index in [1.165, 1.54) is 32.1 Å². The largest absolute Gasteiger partial charge is 0.481 e. The predicted octanol–water partition coefficient (Wildman–Crippen LogP) is 5.03. The second-order valence-electron chi connectivity index (χ2n) is 6.17. The Morgan fingerprint density at radius 2 is 1.68 bits per heavy atom. The molecule has 0 aliphatic carbocycles. The lowest BCUT2D eigenvalue weighted by Crippen LogP contribution is -2.42. The van der Waals surface area contributed by atoms with E-state index in [2.05, 4.69) is 19.1 Å². The van der Waals surface area contributed by atoms with Gasteiger partial charge in [-0.2, -0.15) is 0 Å². The molecule has 4 heteroatoms. The number of carboxylic acids is 1. The third kappa shape index (κ3) is 9.21. The predicted molar refractivity (Wildman–Crippen MR) is 87.6 cm³/mol. The van der Waals surface area contributed by atoms with Crippen LogP contribution in [0, 0.1) is 0 Å². The summed E-state index contributed by atoms with van der Waals surface area (Å²) in [6.07, 6.45) is 17.6. The van der Waals surface area contributed by atoms with Crippen LogP contribution < -0.4 is 0 Å². The summed E-state index contributed by atoms with van der Waals surface area (Å²) in [5.41, 5.74) is 0. The van der Waals surface area contributed by atoms with Crippen molar-refractivity contribution in [3.8, 4) is 0 Å². The molecule has 1 saturated heterocycles. The quantitative estimate of drug-likeness (QED) is 0.278. The molecule has 0 radical (unpaired) electrons. The molecule has 0 aromatic rings. The number of aliphatic carboxylic acids is 1. The fourth-order valence-electron chi connectivity index (χ4n) is 2.65. The first-order valence-electron chi connectivity index (χ1n) is 8.93. The van der Waals surface area contributed by atoms with Gasteiger partial charge < -0.3 is 5.11 Å². The van der Waals surface area contributed by atoms with Crippen molar-refractivity contribution in [2.24, 2.45) is 0 Å². The molecule has 128 valence electrons. The van der Waals surface area contributed by atoms with Crippen LogP contribution in [0.25, 0.3) is 0 Å². The van der Waals surface area contributed by atoms with Gasteiger partial charge in [0, 0.05) is 6.42 Å². The topological polar surface area (TPSA) is 55.8 Å². The molecule has 1 N–H and O–H groups in total. The first kappa shape index (κ1) is 19.2. The first-order chi connectivity index (χ1) is 10.7. The second kappa shape index (κ2) is 12.7. The van der Waals surface area contributed by atoms with Crippen molar-refractivity contribution in [3.05, 3.63) is 12.2 Å². The average Bonchev–Trinajstić information content (AvgIpc) is 2.47. The van der Waals surface area contributed by atoms with Gasteiger partial charge in [0.2, 0.25) is 0 Å². The number of rotatable bonds is 14. The van der Waals surface area contributed by atoms with Crippen LogP contribution in [0.5, 0.6) is 0 Å². The van der Waals surface area contributed by atoms with E-state index in [0.717, 1.165) is 38.5 Å². The number of allylic oxidation sites excluding steroid dienone is 1. The molecule has 2 unspecified atom stereocenters. The molecule has 0 aromatic carbocycles. The maximum Gasteiger partial charge on any atom is 0.303 e. The first-order valence-corrected chi connectivity index (χ1v) is 8.93. The monoisotopic (exact) mass is 312 g/mol. The van der Waals surface area contributed by atoms with Gasteiger partial charge in [-0.05, 0) is 32.1 Å². The highest BCUT2D eigenvalue weighted by Gasteiger charge is 2.32. The minimum absolute atomic E-state index is 0.254. The summed E-state index contributed by atoms with van der Waals surface area (Å²) in [5.74, 6) is -0.682. The molecule has 1 fully saturated rings. The van der Waals surface area contributed by atoms with Crippen LogP contribution in [0.3, 0.4) is 0 Å². The van der Waals surface area contributed by atoms with Gasteiger partial charge in [0.05, 0.1) is 0 Å². The normalized spacial score (nSPS) is 21.1. The molecule has 22 heavy (non-hydrogen) atoms. The summed E-state index contributed by atoms with van der Waals surface area (Å²) in [4.78, 5) is 20.7. The van der Waals surface area contributed by atoms with Crippen molar-refractivity contribution in [2.45, 2.75) is 96.2 Å². The highest BCUT2D eigenvalue weighted by Crippen LogP contribution is 2.25. The van der Waals surface area contributed by atoms with Gasteiger partial charge in [-0.1, -0.05) is 57.6 Å². The van der Waals surface area contributed by atoms with E-state index in [0.29, 0.717) is 12.5 Å². The van der Waals surface area contributed by atoms with E-state index in [9.17, 15) is 4.79 Å². The van der Waals surface area contributed by atoms with Crippen LogP contribution in [0.2, 0.25) is 0 Å². The summed E-state index contributed by atoms with van der Waals surface area (Å²) >= 11 is 0. The molecule has 4 nitrogen and oxygen atoms in total. The number of hydrogen-bond acceptors (Lipinski definition) is 3. The number of carboxylic acid groups (broad SMARTS) is 1. The smallest absolute Gasteiger partial charge is 0.303 e. The van der Waals surface area contributed by atoms with Gasteiger partial charge in [-0.25, -0.2) is 9.78 Å². The molecular weight excluding hydrogens is 280 g/mol. The van der Waals surface area contributed by atoms with Crippen LogP contribution in [-0.2, 0) is 14.6 Å². The van der Waals surface area contributed by atoms with E-state index in [1.54, 1.807) is 0 Å². The standard InChI is InChI=1S/C18H32O4/c1-2-3-10-13-16-17(22-21-16)14-11-8-6-4-5-7-9-12-15-18(19)20/h8,11,16-17H,2-7,9-10,12-15H2,1H3,(H,19,20). The maximum atomic E-state index is 10.4. The third-order valence-electron chi connectivity index (χ3n) is 4.11. The molecule has 1 heterocycles. The van der Waals surface area contributed by atoms with Gasteiger partial charge in [0.15, 0.2) is 0 Å². The van der Waals surface area contributed by atoms with E-state index in [-0.39, 0.29) is 6.10 Å². The lowest BCUT2D eigenvalue weighted by Gasteiger charge is -2.34. The van der Waals surface area contributed by atoms with Crippen LogP contribution in [0.1, 0.15) is 84.0 Å². The van der Waals surface area contributed by atoms with Crippen molar-refractivity contribution in [1.29, 1.82) is 0 Å². The molecule has 2 atom stereocenters. The third-order valence-corrected chi connectivity index (χ3v) is 4.11. The highest BCUT2D eigenvalue weighted by atomic mass is 17.2. The maximum absolute atomic E-state index is 10.4. The number of unbranched alkanes of at least 4 members (excludes halogenated alkanes) is 7. The zero-order valence-corrected chi connectivity index (χ0v) is 14.0. The van der Waals surface area contributed by atoms with Crippen LogP contribution in [-0.4, -0.2) is 23.3 Å². The van der Waals surface area contributed by atoms with E-state index >= 15 is 0 Å². The molecule has 0 bridgehead atoms. The molecule has 0 saturated carbocycles. The fraction of sp³-hybridized carbons (Fsp3) is 0.833. The van der Waals surface area contributed by atoms with Gasteiger partial charge >= 0.3 is 5.97 Å².